The van der Waals surface area contributed by atoms with Gasteiger partial charge in [-0.15, -0.1) is 0 Å². The monoisotopic (exact) mass is 286 g/mol. The molecule has 3 N–H and O–H groups in total. The Bertz CT molecular complexity index is 409. The molecule has 8 heteroatoms. The largest absolute Gasteiger partial charge is 0.480 e. The van der Waals surface area contributed by atoms with E-state index in [4.69, 9.17) is 9.84 Å². The Morgan fingerprint density at radius 2 is 2.20 bits per heavy atom. The fourth-order valence-corrected chi connectivity index (χ4v) is 1.83. The minimum Gasteiger partial charge on any atom is -0.480 e. The zero-order valence-corrected chi connectivity index (χ0v) is 11.2. The van der Waals surface area contributed by atoms with Gasteiger partial charge in [0.2, 0.25) is 11.8 Å². The molecule has 1 rings (SSSR count). The molecule has 112 valence electrons. The highest BCUT2D eigenvalue weighted by Crippen LogP contribution is 2.10. The van der Waals surface area contributed by atoms with Gasteiger partial charge in [0.05, 0.1) is 12.5 Å². The summed E-state index contributed by atoms with van der Waals surface area (Å²) in [5, 5.41) is 13.8. The Labute approximate surface area is 115 Å². The van der Waals surface area contributed by atoms with Crippen molar-refractivity contribution in [2.75, 3.05) is 13.2 Å². The van der Waals surface area contributed by atoms with Gasteiger partial charge in [0.1, 0.15) is 6.04 Å². The maximum Gasteiger partial charge on any atom is 0.326 e. The molecule has 8 nitrogen and oxygen atoms in total. The van der Waals surface area contributed by atoms with E-state index in [0.29, 0.717) is 0 Å². The molecule has 1 unspecified atom stereocenters. The number of carboxylic acids is 1. The van der Waals surface area contributed by atoms with Crippen molar-refractivity contribution in [3.63, 3.8) is 0 Å². The highest BCUT2D eigenvalue weighted by Gasteiger charge is 2.31. The van der Waals surface area contributed by atoms with Crippen LogP contribution in [0.25, 0.3) is 0 Å². The molecule has 20 heavy (non-hydrogen) atoms. The summed E-state index contributed by atoms with van der Waals surface area (Å²) in [5.41, 5.74) is 0. The van der Waals surface area contributed by atoms with E-state index >= 15 is 0 Å². The van der Waals surface area contributed by atoms with Crippen LogP contribution in [0.1, 0.15) is 26.2 Å². The Morgan fingerprint density at radius 3 is 2.70 bits per heavy atom. The number of carbonyl (C=O) groups excluding carboxylic acids is 3. The number of rotatable bonds is 7. The van der Waals surface area contributed by atoms with Gasteiger partial charge in [0, 0.05) is 19.4 Å². The van der Waals surface area contributed by atoms with Crippen LogP contribution in [0, 0.1) is 5.92 Å². The summed E-state index contributed by atoms with van der Waals surface area (Å²) in [4.78, 5) is 45.0. The van der Waals surface area contributed by atoms with Crippen LogP contribution in [0.4, 0.5) is 0 Å². The molecule has 0 aromatic heterocycles. The molecular weight excluding hydrogens is 268 g/mol. The normalized spacial score (nSPS) is 19.1. The van der Waals surface area contributed by atoms with Gasteiger partial charge in [-0.25, -0.2) is 4.79 Å². The van der Waals surface area contributed by atoms with Gasteiger partial charge >= 0.3 is 11.9 Å². The van der Waals surface area contributed by atoms with Gasteiger partial charge in [0.15, 0.2) is 0 Å². The lowest BCUT2D eigenvalue weighted by Crippen LogP contribution is -2.44. The molecule has 0 spiro atoms. The molecule has 1 aliphatic rings. The molecule has 0 aliphatic carbocycles. The predicted octanol–water partition coefficient (Wildman–Crippen LogP) is -0.965. The SMILES string of the molecule is CCOC(=O)CC[C@H](NC(=O)C1CNC(=O)C1)C(=O)O. The minimum atomic E-state index is -1.22. The van der Waals surface area contributed by atoms with Crippen LogP contribution in [0.15, 0.2) is 0 Å². The van der Waals surface area contributed by atoms with Gasteiger partial charge in [-0.3, -0.25) is 14.4 Å². The average molecular weight is 286 g/mol. The number of ether oxygens (including phenoxy) is 1. The fraction of sp³-hybridized carbons (Fsp3) is 0.667. The number of hydrogen-bond donors (Lipinski definition) is 3. The number of carbonyl (C=O) groups is 4. The number of amides is 2. The van der Waals surface area contributed by atoms with Crippen molar-refractivity contribution >= 4 is 23.8 Å². The van der Waals surface area contributed by atoms with E-state index in [1.165, 1.54) is 0 Å². The summed E-state index contributed by atoms with van der Waals surface area (Å²) in [7, 11) is 0. The fourth-order valence-electron chi connectivity index (χ4n) is 1.83. The van der Waals surface area contributed by atoms with E-state index in [9.17, 15) is 19.2 Å². The zero-order chi connectivity index (χ0) is 15.1. The smallest absolute Gasteiger partial charge is 0.326 e. The highest BCUT2D eigenvalue weighted by atomic mass is 16.5. The number of hydrogen-bond acceptors (Lipinski definition) is 5. The lowest BCUT2D eigenvalue weighted by Gasteiger charge is -2.16. The van der Waals surface area contributed by atoms with Gasteiger partial charge in [0.25, 0.3) is 0 Å². The number of nitrogens with one attached hydrogen (secondary N) is 2. The molecule has 1 fully saturated rings. The Hall–Kier alpha value is -2.12. The van der Waals surface area contributed by atoms with Crippen molar-refractivity contribution in [1.82, 2.24) is 10.6 Å². The lowest BCUT2D eigenvalue weighted by molar-refractivity contribution is -0.145. The second-order valence-electron chi connectivity index (χ2n) is 4.45. The maximum atomic E-state index is 11.8. The van der Waals surface area contributed by atoms with Crippen LogP contribution in [0.3, 0.4) is 0 Å². The third-order valence-electron chi connectivity index (χ3n) is 2.91. The molecule has 0 saturated carbocycles. The van der Waals surface area contributed by atoms with E-state index in [1.54, 1.807) is 6.92 Å². The van der Waals surface area contributed by atoms with Gasteiger partial charge in [-0.2, -0.15) is 0 Å². The lowest BCUT2D eigenvalue weighted by atomic mass is 10.1. The molecule has 0 aromatic carbocycles. The Morgan fingerprint density at radius 1 is 1.50 bits per heavy atom. The van der Waals surface area contributed by atoms with Crippen LogP contribution in [0.5, 0.6) is 0 Å². The third kappa shape index (κ3) is 4.87. The second-order valence-corrected chi connectivity index (χ2v) is 4.45. The first kappa shape index (κ1) is 15.9. The highest BCUT2D eigenvalue weighted by molar-refractivity contribution is 5.91. The minimum absolute atomic E-state index is 0.0476. The summed E-state index contributed by atoms with van der Waals surface area (Å²) in [6.45, 7) is 2.08. The summed E-state index contributed by atoms with van der Waals surface area (Å²) in [6.07, 6.45) is -0.0863. The molecule has 1 heterocycles. The number of esters is 1. The van der Waals surface area contributed by atoms with Crippen LogP contribution in [0.2, 0.25) is 0 Å². The van der Waals surface area contributed by atoms with Crippen molar-refractivity contribution in [2.45, 2.75) is 32.2 Å². The van der Waals surface area contributed by atoms with E-state index in [-0.39, 0.29) is 38.3 Å². The summed E-state index contributed by atoms with van der Waals surface area (Å²) < 4.78 is 4.69. The molecule has 0 bridgehead atoms. The number of aliphatic carboxylic acids is 1. The molecule has 2 atom stereocenters. The average Bonchev–Trinajstić information content (AvgIpc) is 2.81. The van der Waals surface area contributed by atoms with E-state index in [0.717, 1.165) is 0 Å². The van der Waals surface area contributed by atoms with E-state index < -0.39 is 29.8 Å². The van der Waals surface area contributed by atoms with Crippen molar-refractivity contribution in [2.24, 2.45) is 5.92 Å². The topological polar surface area (TPSA) is 122 Å². The van der Waals surface area contributed by atoms with Crippen molar-refractivity contribution in [1.29, 1.82) is 0 Å². The second kappa shape index (κ2) is 7.46. The Balaban J connectivity index is 2.46. The summed E-state index contributed by atoms with van der Waals surface area (Å²) >= 11 is 0. The van der Waals surface area contributed by atoms with Crippen LogP contribution >= 0.6 is 0 Å². The standard InChI is InChI=1S/C12H18N2O6/c1-2-20-10(16)4-3-8(12(18)19)14-11(17)7-5-9(15)13-6-7/h7-8H,2-6H2,1H3,(H,13,15)(H,14,17)(H,18,19)/t7?,8-/m0/s1. The van der Waals surface area contributed by atoms with Crippen molar-refractivity contribution < 1.29 is 29.0 Å². The van der Waals surface area contributed by atoms with Crippen LogP contribution in [-0.4, -0.2) is 48.1 Å². The molecule has 0 aromatic rings. The van der Waals surface area contributed by atoms with Gasteiger partial charge < -0.3 is 20.5 Å². The molecule has 1 saturated heterocycles. The molecule has 2 amide bonds. The molecule has 0 radical (unpaired) electrons. The predicted molar refractivity (Wildman–Crippen MR) is 66.6 cm³/mol. The Kier molecular flexibility index (Phi) is 5.95. The molecular formula is C12H18N2O6. The van der Waals surface area contributed by atoms with Crippen molar-refractivity contribution in [3.05, 3.63) is 0 Å². The summed E-state index contributed by atoms with van der Waals surface area (Å²) in [6, 6.07) is -1.16. The maximum absolute atomic E-state index is 11.8. The van der Waals surface area contributed by atoms with Crippen molar-refractivity contribution in [3.8, 4) is 0 Å². The van der Waals surface area contributed by atoms with E-state index in [1.807, 2.05) is 0 Å². The van der Waals surface area contributed by atoms with E-state index in [2.05, 4.69) is 10.6 Å². The van der Waals surface area contributed by atoms with Gasteiger partial charge in [-0.1, -0.05) is 0 Å². The first-order valence-corrected chi connectivity index (χ1v) is 6.39. The first-order chi connectivity index (χ1) is 9.43. The van der Waals surface area contributed by atoms with Crippen LogP contribution in [-0.2, 0) is 23.9 Å². The number of carboxylic acid groups (broad SMARTS) is 1. The van der Waals surface area contributed by atoms with Gasteiger partial charge in [-0.05, 0) is 13.3 Å². The van der Waals surface area contributed by atoms with Crippen LogP contribution < -0.4 is 10.6 Å². The third-order valence-corrected chi connectivity index (χ3v) is 2.91. The first-order valence-electron chi connectivity index (χ1n) is 6.39. The summed E-state index contributed by atoms with van der Waals surface area (Å²) in [5.74, 6) is -3.03. The zero-order valence-electron chi connectivity index (χ0n) is 11.2. The molecule has 1 aliphatic heterocycles. The quantitative estimate of drug-likeness (QED) is 0.518.